The molecule has 1 aromatic heterocycles. The monoisotopic (exact) mass is 453 g/mol. The average molecular weight is 454 g/mol. The van der Waals surface area contributed by atoms with Gasteiger partial charge in [0.25, 0.3) is 0 Å². The van der Waals surface area contributed by atoms with Crippen LogP contribution in [-0.2, 0) is 16.0 Å². The minimum Gasteiger partial charge on any atom is -0.339 e. The highest BCUT2D eigenvalue weighted by Crippen LogP contribution is 2.40. The Morgan fingerprint density at radius 3 is 2.34 bits per heavy atom. The van der Waals surface area contributed by atoms with Crippen molar-refractivity contribution in [3.63, 3.8) is 0 Å². The fraction of sp³-hybridized carbons (Fsp3) is 0.538. The van der Waals surface area contributed by atoms with Gasteiger partial charge in [-0.15, -0.1) is 11.3 Å². The van der Waals surface area contributed by atoms with E-state index in [2.05, 4.69) is 68.3 Å². The lowest BCUT2D eigenvalue weighted by Crippen LogP contribution is -2.56. The number of piperazine rings is 1. The second-order valence-corrected chi connectivity index (χ2v) is 10.5. The molecule has 0 radical (unpaired) electrons. The number of fused-ring (bicyclic) bond motifs is 1. The zero-order valence-electron chi connectivity index (χ0n) is 19.7. The van der Waals surface area contributed by atoms with Crippen LogP contribution in [0.5, 0.6) is 0 Å². The minimum atomic E-state index is -0.203. The molecule has 2 aromatic rings. The molecule has 5 nitrogen and oxygen atoms in total. The summed E-state index contributed by atoms with van der Waals surface area (Å²) in [6.45, 7) is 11.8. The number of carbonyl (C=O) groups excluding carboxylic acids is 2. The van der Waals surface area contributed by atoms with E-state index in [-0.39, 0.29) is 23.9 Å². The molecule has 32 heavy (non-hydrogen) atoms. The largest absolute Gasteiger partial charge is 0.339 e. The van der Waals surface area contributed by atoms with E-state index in [1.165, 1.54) is 21.6 Å². The van der Waals surface area contributed by atoms with Crippen molar-refractivity contribution in [1.29, 1.82) is 0 Å². The summed E-state index contributed by atoms with van der Waals surface area (Å²) in [5.74, 6) is 0.751. The predicted octanol–water partition coefficient (Wildman–Crippen LogP) is 4.11. The van der Waals surface area contributed by atoms with Crippen LogP contribution in [0.15, 0.2) is 35.7 Å². The van der Waals surface area contributed by atoms with Gasteiger partial charge in [-0.05, 0) is 54.3 Å². The zero-order chi connectivity index (χ0) is 22.8. The van der Waals surface area contributed by atoms with Gasteiger partial charge in [0.15, 0.2) is 0 Å². The Morgan fingerprint density at radius 2 is 1.66 bits per heavy atom. The SMILES string of the molecule is Cc1ccccc1C1c2ccsc2CCN1C(C)C(=O)N1CCN(C(=O)CC(C)C)CC1. The fourth-order valence-corrected chi connectivity index (χ4v) is 5.96. The number of thiophene rings is 1. The third-order valence-corrected chi connectivity index (χ3v) is 7.86. The van der Waals surface area contributed by atoms with Gasteiger partial charge in [0.2, 0.25) is 11.8 Å². The smallest absolute Gasteiger partial charge is 0.239 e. The van der Waals surface area contributed by atoms with Crippen molar-refractivity contribution >= 4 is 23.2 Å². The van der Waals surface area contributed by atoms with Gasteiger partial charge < -0.3 is 9.80 Å². The van der Waals surface area contributed by atoms with E-state index < -0.39 is 0 Å². The van der Waals surface area contributed by atoms with E-state index in [4.69, 9.17) is 0 Å². The van der Waals surface area contributed by atoms with Crippen molar-refractivity contribution in [2.24, 2.45) is 5.92 Å². The lowest BCUT2D eigenvalue weighted by molar-refractivity contribution is -0.143. The zero-order valence-corrected chi connectivity index (χ0v) is 20.5. The maximum absolute atomic E-state index is 13.5. The Morgan fingerprint density at radius 1 is 0.969 bits per heavy atom. The van der Waals surface area contributed by atoms with Crippen molar-refractivity contribution in [3.05, 3.63) is 57.3 Å². The normalized spacial score (nSPS) is 20.3. The van der Waals surface area contributed by atoms with Crippen LogP contribution in [0.3, 0.4) is 0 Å². The van der Waals surface area contributed by atoms with Gasteiger partial charge in [0, 0.05) is 44.0 Å². The molecule has 0 bridgehead atoms. The molecule has 4 rings (SSSR count). The highest BCUT2D eigenvalue weighted by atomic mass is 32.1. The molecule has 0 saturated carbocycles. The highest BCUT2D eigenvalue weighted by molar-refractivity contribution is 7.10. The lowest BCUT2D eigenvalue weighted by Gasteiger charge is -2.43. The number of hydrogen-bond donors (Lipinski definition) is 0. The van der Waals surface area contributed by atoms with Crippen molar-refractivity contribution in [2.45, 2.75) is 52.6 Å². The van der Waals surface area contributed by atoms with Gasteiger partial charge in [-0.1, -0.05) is 38.1 Å². The van der Waals surface area contributed by atoms with Gasteiger partial charge >= 0.3 is 0 Å². The van der Waals surface area contributed by atoms with Crippen LogP contribution >= 0.6 is 11.3 Å². The van der Waals surface area contributed by atoms with Crippen molar-refractivity contribution in [2.75, 3.05) is 32.7 Å². The van der Waals surface area contributed by atoms with Crippen LogP contribution in [0.1, 0.15) is 54.8 Å². The molecule has 0 N–H and O–H groups in total. The summed E-state index contributed by atoms with van der Waals surface area (Å²) in [4.78, 5) is 33.7. The van der Waals surface area contributed by atoms with E-state index >= 15 is 0 Å². The number of aryl methyl sites for hydroxylation is 1. The second-order valence-electron chi connectivity index (χ2n) is 9.53. The molecule has 3 heterocycles. The third-order valence-electron chi connectivity index (χ3n) is 6.87. The van der Waals surface area contributed by atoms with Gasteiger partial charge in [-0.25, -0.2) is 0 Å². The highest BCUT2D eigenvalue weighted by Gasteiger charge is 2.37. The first-order valence-corrected chi connectivity index (χ1v) is 12.7. The van der Waals surface area contributed by atoms with Gasteiger partial charge in [-0.2, -0.15) is 0 Å². The quantitative estimate of drug-likeness (QED) is 0.684. The van der Waals surface area contributed by atoms with Gasteiger partial charge in [0.1, 0.15) is 0 Å². The molecule has 6 heteroatoms. The number of nitrogens with zero attached hydrogens (tertiary/aromatic N) is 3. The summed E-state index contributed by atoms with van der Waals surface area (Å²) in [6, 6.07) is 10.7. The van der Waals surface area contributed by atoms with Crippen molar-refractivity contribution < 1.29 is 9.59 Å². The summed E-state index contributed by atoms with van der Waals surface area (Å²) in [7, 11) is 0. The summed E-state index contributed by atoms with van der Waals surface area (Å²) < 4.78 is 0. The van der Waals surface area contributed by atoms with E-state index in [0.717, 1.165) is 13.0 Å². The topological polar surface area (TPSA) is 43.9 Å². The molecule has 2 unspecified atom stereocenters. The minimum absolute atomic E-state index is 0.110. The Labute approximate surface area is 196 Å². The van der Waals surface area contributed by atoms with Crippen LogP contribution < -0.4 is 0 Å². The molecule has 2 aliphatic heterocycles. The summed E-state index contributed by atoms with van der Waals surface area (Å²) in [6.07, 6.45) is 1.57. The first-order valence-electron chi connectivity index (χ1n) is 11.8. The average Bonchev–Trinajstić information content (AvgIpc) is 3.26. The Kier molecular flexibility index (Phi) is 7.01. The first kappa shape index (κ1) is 23.0. The number of rotatable bonds is 5. The fourth-order valence-electron chi connectivity index (χ4n) is 5.05. The van der Waals surface area contributed by atoms with Crippen molar-refractivity contribution in [3.8, 4) is 0 Å². The molecule has 1 aromatic carbocycles. The molecular weight excluding hydrogens is 418 g/mol. The Bertz CT molecular complexity index is 961. The summed E-state index contributed by atoms with van der Waals surface area (Å²) >= 11 is 1.83. The second kappa shape index (κ2) is 9.75. The third kappa shape index (κ3) is 4.62. The molecule has 1 saturated heterocycles. The Hall–Kier alpha value is -2.18. The van der Waals surface area contributed by atoms with E-state index in [1.807, 2.05) is 21.1 Å². The lowest BCUT2D eigenvalue weighted by atomic mass is 9.89. The van der Waals surface area contributed by atoms with Gasteiger partial charge in [-0.3, -0.25) is 14.5 Å². The van der Waals surface area contributed by atoms with Crippen molar-refractivity contribution in [1.82, 2.24) is 14.7 Å². The summed E-state index contributed by atoms with van der Waals surface area (Å²) in [5.41, 5.74) is 3.90. The standard InChI is InChI=1S/C26H35N3O2S/c1-18(2)17-24(30)27-12-14-28(15-13-27)26(31)20(4)29-11-9-23-22(10-16-32-23)25(29)21-8-6-5-7-19(21)3/h5-8,10,16,18,20,25H,9,11-15,17H2,1-4H3. The summed E-state index contributed by atoms with van der Waals surface area (Å²) in [5, 5.41) is 2.18. The van der Waals surface area contributed by atoms with Crippen LogP contribution in [0.2, 0.25) is 0 Å². The van der Waals surface area contributed by atoms with Gasteiger partial charge in [0.05, 0.1) is 12.1 Å². The predicted molar refractivity (Wildman–Crippen MR) is 130 cm³/mol. The van der Waals surface area contributed by atoms with E-state index in [0.29, 0.717) is 38.5 Å². The number of hydrogen-bond acceptors (Lipinski definition) is 4. The molecule has 0 aliphatic carbocycles. The molecule has 0 spiro atoms. The maximum atomic E-state index is 13.5. The Balaban J connectivity index is 1.50. The number of benzene rings is 1. The van der Waals surface area contributed by atoms with E-state index in [1.54, 1.807) is 0 Å². The molecule has 1 fully saturated rings. The van der Waals surface area contributed by atoms with Crippen LogP contribution in [0, 0.1) is 12.8 Å². The first-order chi connectivity index (χ1) is 15.4. The van der Waals surface area contributed by atoms with Crippen LogP contribution in [-0.4, -0.2) is 65.3 Å². The molecule has 2 aliphatic rings. The molecule has 2 amide bonds. The van der Waals surface area contributed by atoms with Crippen LogP contribution in [0.4, 0.5) is 0 Å². The van der Waals surface area contributed by atoms with E-state index in [9.17, 15) is 9.59 Å². The molecule has 2 atom stereocenters. The molecular formula is C26H35N3O2S. The van der Waals surface area contributed by atoms with Crippen LogP contribution in [0.25, 0.3) is 0 Å². The maximum Gasteiger partial charge on any atom is 0.239 e. The molecule has 172 valence electrons. The number of amides is 2. The number of carbonyl (C=O) groups is 2.